The number of anilines is 1. The second-order valence-electron chi connectivity index (χ2n) is 3.73. The number of nitrogens with zero attached hydrogens (tertiary/aromatic N) is 3. The first-order chi connectivity index (χ1) is 9.38. The van der Waals surface area contributed by atoms with Crippen LogP contribution < -0.4 is 4.72 Å². The van der Waals surface area contributed by atoms with Crippen molar-refractivity contribution >= 4 is 37.6 Å². The number of aliphatic carboxylic acids is 1. The third-order valence-corrected chi connectivity index (χ3v) is 4.19. The van der Waals surface area contributed by atoms with E-state index in [1.807, 2.05) is 0 Å². The highest BCUT2D eigenvalue weighted by molar-refractivity contribution is 9.10. The molecule has 0 aromatic carbocycles. The van der Waals surface area contributed by atoms with Gasteiger partial charge in [-0.2, -0.15) is 5.10 Å². The van der Waals surface area contributed by atoms with Crippen LogP contribution in [-0.4, -0.2) is 34.3 Å². The van der Waals surface area contributed by atoms with Crippen LogP contribution in [0, 0.1) is 0 Å². The van der Waals surface area contributed by atoms with Gasteiger partial charge in [0.2, 0.25) is 0 Å². The van der Waals surface area contributed by atoms with E-state index in [2.05, 4.69) is 30.7 Å². The summed E-state index contributed by atoms with van der Waals surface area (Å²) in [5.41, 5.74) is 0.325. The van der Waals surface area contributed by atoms with Gasteiger partial charge in [-0.1, -0.05) is 0 Å². The molecule has 0 unspecified atom stereocenters. The van der Waals surface area contributed by atoms with Crippen LogP contribution in [0.5, 0.6) is 0 Å². The van der Waals surface area contributed by atoms with Crippen molar-refractivity contribution in [1.82, 2.24) is 14.8 Å². The molecule has 10 heteroatoms. The standard InChI is InChI=1S/C10H9BrN4O4S/c11-8-4-12-2-1-9(8)14-20(18,19)7-3-13-15(5-7)6-10(16)17/h1-5H,6H2,(H,12,14)(H,16,17). The quantitative estimate of drug-likeness (QED) is 0.819. The van der Waals surface area contributed by atoms with E-state index in [0.717, 1.165) is 17.1 Å². The predicted molar refractivity (Wildman–Crippen MR) is 72.6 cm³/mol. The number of carboxylic acid groups (broad SMARTS) is 1. The monoisotopic (exact) mass is 360 g/mol. The molecule has 2 aromatic rings. The fourth-order valence-corrected chi connectivity index (χ4v) is 2.88. The van der Waals surface area contributed by atoms with Crippen molar-refractivity contribution in [2.24, 2.45) is 0 Å². The third kappa shape index (κ3) is 3.33. The molecule has 106 valence electrons. The zero-order valence-electron chi connectivity index (χ0n) is 9.89. The maximum atomic E-state index is 12.1. The van der Waals surface area contributed by atoms with Crippen LogP contribution in [0.1, 0.15) is 0 Å². The lowest BCUT2D eigenvalue weighted by molar-refractivity contribution is -0.137. The number of carbonyl (C=O) groups is 1. The van der Waals surface area contributed by atoms with E-state index in [1.54, 1.807) is 0 Å². The normalized spacial score (nSPS) is 11.2. The second-order valence-corrected chi connectivity index (χ2v) is 6.27. The highest BCUT2D eigenvalue weighted by atomic mass is 79.9. The molecule has 2 N–H and O–H groups in total. The van der Waals surface area contributed by atoms with Crippen LogP contribution in [0.3, 0.4) is 0 Å². The van der Waals surface area contributed by atoms with Crippen LogP contribution in [0.25, 0.3) is 0 Å². The Morgan fingerprint density at radius 1 is 1.45 bits per heavy atom. The topological polar surface area (TPSA) is 114 Å². The smallest absolute Gasteiger partial charge is 0.325 e. The van der Waals surface area contributed by atoms with E-state index in [-0.39, 0.29) is 4.90 Å². The summed E-state index contributed by atoms with van der Waals surface area (Å²) < 4.78 is 28.1. The van der Waals surface area contributed by atoms with Gasteiger partial charge in [0.05, 0.1) is 16.4 Å². The van der Waals surface area contributed by atoms with Crippen LogP contribution in [0.15, 0.2) is 40.2 Å². The maximum absolute atomic E-state index is 12.1. The number of nitrogens with one attached hydrogen (secondary N) is 1. The number of rotatable bonds is 5. The van der Waals surface area contributed by atoms with Gasteiger partial charge in [0.25, 0.3) is 10.0 Å². The first kappa shape index (κ1) is 14.5. The molecule has 20 heavy (non-hydrogen) atoms. The van der Waals surface area contributed by atoms with Crippen molar-refractivity contribution in [2.45, 2.75) is 11.4 Å². The molecule has 0 amide bonds. The largest absolute Gasteiger partial charge is 0.480 e. The van der Waals surface area contributed by atoms with Gasteiger partial charge < -0.3 is 5.11 Å². The Balaban J connectivity index is 2.25. The minimum atomic E-state index is -3.83. The van der Waals surface area contributed by atoms with Crippen LogP contribution >= 0.6 is 15.9 Å². The number of hydrogen-bond donors (Lipinski definition) is 2. The molecule has 2 aromatic heterocycles. The van der Waals surface area contributed by atoms with Gasteiger partial charge in [0.15, 0.2) is 0 Å². The van der Waals surface area contributed by atoms with E-state index in [4.69, 9.17) is 5.11 Å². The number of hydrogen-bond acceptors (Lipinski definition) is 5. The summed E-state index contributed by atoms with van der Waals surface area (Å²) in [5, 5.41) is 12.3. The molecule has 8 nitrogen and oxygen atoms in total. The van der Waals surface area contributed by atoms with E-state index >= 15 is 0 Å². The van der Waals surface area contributed by atoms with E-state index in [1.165, 1.54) is 18.5 Å². The van der Waals surface area contributed by atoms with Gasteiger partial charge in [-0.25, -0.2) is 8.42 Å². The maximum Gasteiger partial charge on any atom is 0.325 e. The lowest BCUT2D eigenvalue weighted by atomic mass is 10.4. The van der Waals surface area contributed by atoms with E-state index < -0.39 is 22.5 Å². The third-order valence-electron chi connectivity index (χ3n) is 2.23. The van der Waals surface area contributed by atoms with Crippen molar-refractivity contribution in [3.63, 3.8) is 0 Å². The van der Waals surface area contributed by atoms with Crippen molar-refractivity contribution in [2.75, 3.05) is 4.72 Å². The lowest BCUT2D eigenvalue weighted by Crippen LogP contribution is -2.13. The molecular formula is C10H9BrN4O4S. The van der Waals surface area contributed by atoms with Gasteiger partial charge in [0.1, 0.15) is 11.4 Å². The summed E-state index contributed by atoms with van der Waals surface area (Å²) in [6, 6.07) is 1.49. The van der Waals surface area contributed by atoms with Gasteiger partial charge in [-0.05, 0) is 22.0 Å². The number of pyridine rings is 1. The molecule has 0 atom stereocenters. The molecule has 0 bridgehead atoms. The van der Waals surface area contributed by atoms with Crippen LogP contribution in [-0.2, 0) is 21.4 Å². The van der Waals surface area contributed by atoms with Crippen molar-refractivity contribution in [3.05, 3.63) is 35.3 Å². The zero-order valence-corrected chi connectivity index (χ0v) is 12.3. The first-order valence-corrected chi connectivity index (χ1v) is 7.53. The lowest BCUT2D eigenvalue weighted by Gasteiger charge is -2.07. The molecule has 0 aliphatic heterocycles. The zero-order chi connectivity index (χ0) is 14.8. The minimum absolute atomic E-state index is 0.123. The Kier molecular flexibility index (Phi) is 4.04. The fraction of sp³-hybridized carbons (Fsp3) is 0.100. The summed E-state index contributed by atoms with van der Waals surface area (Å²) >= 11 is 3.17. The minimum Gasteiger partial charge on any atom is -0.480 e. The molecule has 0 aliphatic rings. The Bertz CT molecular complexity index is 743. The number of sulfonamides is 1. The summed E-state index contributed by atoms with van der Waals surface area (Å²) in [6.45, 7) is -0.408. The van der Waals surface area contributed by atoms with Crippen molar-refractivity contribution in [3.8, 4) is 0 Å². The van der Waals surface area contributed by atoms with Gasteiger partial charge in [-0.15, -0.1) is 0 Å². The Labute approximate surface area is 122 Å². The number of carboxylic acids is 1. The van der Waals surface area contributed by atoms with Crippen molar-refractivity contribution in [1.29, 1.82) is 0 Å². The second kappa shape index (κ2) is 5.59. The fourth-order valence-electron chi connectivity index (χ4n) is 1.37. The predicted octanol–water partition coefficient (Wildman–Crippen LogP) is 0.926. The van der Waals surface area contributed by atoms with Gasteiger partial charge in [0, 0.05) is 18.6 Å². The molecule has 0 fully saturated rings. The Morgan fingerprint density at radius 3 is 2.85 bits per heavy atom. The number of halogens is 1. The molecule has 0 radical (unpaired) electrons. The van der Waals surface area contributed by atoms with Gasteiger partial charge >= 0.3 is 5.97 Å². The summed E-state index contributed by atoms with van der Waals surface area (Å²) in [7, 11) is -3.83. The molecule has 0 spiro atoms. The van der Waals surface area contributed by atoms with Crippen LogP contribution in [0.2, 0.25) is 0 Å². The molecule has 2 rings (SSSR count). The first-order valence-electron chi connectivity index (χ1n) is 5.25. The molecule has 0 saturated heterocycles. The number of aromatic nitrogens is 3. The summed E-state index contributed by atoms with van der Waals surface area (Å²) in [5.74, 6) is -1.11. The Hall–Kier alpha value is -1.94. The highest BCUT2D eigenvalue weighted by Crippen LogP contribution is 2.23. The average Bonchev–Trinajstić information content (AvgIpc) is 2.80. The van der Waals surface area contributed by atoms with E-state index in [9.17, 15) is 13.2 Å². The summed E-state index contributed by atoms with van der Waals surface area (Å²) in [6.07, 6.45) is 5.12. The SMILES string of the molecule is O=C(O)Cn1cc(S(=O)(=O)Nc2ccncc2Br)cn1. The molecule has 0 saturated carbocycles. The van der Waals surface area contributed by atoms with E-state index in [0.29, 0.717) is 10.2 Å². The molecule has 2 heterocycles. The van der Waals surface area contributed by atoms with Crippen LogP contribution in [0.4, 0.5) is 5.69 Å². The molecular weight excluding hydrogens is 352 g/mol. The van der Waals surface area contributed by atoms with Crippen molar-refractivity contribution < 1.29 is 18.3 Å². The Morgan fingerprint density at radius 2 is 2.20 bits per heavy atom. The highest BCUT2D eigenvalue weighted by Gasteiger charge is 2.18. The average molecular weight is 361 g/mol. The summed E-state index contributed by atoms with van der Waals surface area (Å²) in [4.78, 5) is 14.2. The molecule has 0 aliphatic carbocycles. The van der Waals surface area contributed by atoms with Gasteiger partial charge in [-0.3, -0.25) is 19.2 Å².